The van der Waals surface area contributed by atoms with Crippen LogP contribution < -0.4 is 4.74 Å². The quantitative estimate of drug-likeness (QED) is 0.623. The minimum absolute atomic E-state index is 0.111. The van der Waals surface area contributed by atoms with Gasteiger partial charge in [0.1, 0.15) is 11.5 Å². The first-order valence-electron chi connectivity index (χ1n) is 8.87. The Hall–Kier alpha value is -2.64. The predicted octanol–water partition coefficient (Wildman–Crippen LogP) is 4.10. The van der Waals surface area contributed by atoms with E-state index in [1.165, 1.54) is 4.31 Å². The summed E-state index contributed by atoms with van der Waals surface area (Å²) >= 11 is 0. The molecular formula is C21H24N2O4S. The molecule has 0 saturated carbocycles. The number of hydrogen-bond donors (Lipinski definition) is 0. The van der Waals surface area contributed by atoms with Crippen molar-refractivity contribution in [3.63, 3.8) is 0 Å². The average molecular weight is 401 g/mol. The van der Waals surface area contributed by atoms with Gasteiger partial charge in [0.2, 0.25) is 15.9 Å². The fourth-order valence-corrected chi connectivity index (χ4v) is 4.08. The van der Waals surface area contributed by atoms with Gasteiger partial charge in [-0.2, -0.15) is 4.31 Å². The van der Waals surface area contributed by atoms with Crippen LogP contribution in [-0.2, 0) is 16.6 Å². The number of rotatable bonds is 6. The van der Waals surface area contributed by atoms with Crippen LogP contribution in [0.1, 0.15) is 22.6 Å². The zero-order valence-corrected chi connectivity index (χ0v) is 17.5. The Morgan fingerprint density at radius 2 is 1.79 bits per heavy atom. The number of aryl methyl sites for hydroxylation is 3. The van der Waals surface area contributed by atoms with Crippen LogP contribution in [0, 0.1) is 20.8 Å². The largest absolute Gasteiger partial charge is 0.496 e. The maximum Gasteiger partial charge on any atom is 0.243 e. The lowest BCUT2D eigenvalue weighted by Gasteiger charge is -2.17. The minimum Gasteiger partial charge on any atom is -0.496 e. The normalized spacial score (nSPS) is 11.8. The summed E-state index contributed by atoms with van der Waals surface area (Å²) in [4.78, 5) is 4.78. The highest BCUT2D eigenvalue weighted by Gasteiger charge is 2.24. The van der Waals surface area contributed by atoms with Gasteiger partial charge in [0.15, 0.2) is 0 Å². The molecule has 0 spiro atoms. The highest BCUT2D eigenvalue weighted by Crippen LogP contribution is 2.31. The fourth-order valence-electron chi connectivity index (χ4n) is 2.86. The van der Waals surface area contributed by atoms with Crippen molar-refractivity contribution < 1.29 is 17.6 Å². The third-order valence-electron chi connectivity index (χ3n) is 4.79. The van der Waals surface area contributed by atoms with E-state index in [9.17, 15) is 8.42 Å². The lowest BCUT2D eigenvalue weighted by Crippen LogP contribution is -2.27. The van der Waals surface area contributed by atoms with Gasteiger partial charge < -0.3 is 9.15 Å². The van der Waals surface area contributed by atoms with Gasteiger partial charge in [-0.15, -0.1) is 0 Å². The molecule has 148 valence electrons. The molecule has 0 unspecified atom stereocenters. The Bertz CT molecular complexity index is 1100. The highest BCUT2D eigenvalue weighted by atomic mass is 32.2. The Labute approximate surface area is 165 Å². The molecule has 0 N–H and O–H groups in total. The molecule has 7 heteroatoms. The van der Waals surface area contributed by atoms with E-state index in [1.807, 2.05) is 44.2 Å². The molecule has 28 heavy (non-hydrogen) atoms. The third-order valence-corrected chi connectivity index (χ3v) is 6.59. The van der Waals surface area contributed by atoms with E-state index in [-0.39, 0.29) is 11.4 Å². The zero-order valence-electron chi connectivity index (χ0n) is 16.7. The summed E-state index contributed by atoms with van der Waals surface area (Å²) in [5.74, 6) is 1.62. The number of benzene rings is 2. The van der Waals surface area contributed by atoms with E-state index in [1.54, 1.807) is 33.2 Å². The Morgan fingerprint density at radius 1 is 1.07 bits per heavy atom. The summed E-state index contributed by atoms with van der Waals surface area (Å²) in [6.45, 7) is 5.74. The van der Waals surface area contributed by atoms with Crippen LogP contribution in [-0.4, -0.2) is 31.9 Å². The standard InChI is InChI=1S/C21H24N2O4S/c1-14-10-11-17(12-15(14)2)28(24,25)23(4)13-19-16(3)27-21(22-19)18-8-6-7-9-20(18)26-5/h6-12H,13H2,1-5H3. The second kappa shape index (κ2) is 7.77. The molecule has 3 aromatic rings. The first-order chi connectivity index (χ1) is 13.2. The molecule has 2 aromatic carbocycles. The van der Waals surface area contributed by atoms with Crippen molar-refractivity contribution in [1.29, 1.82) is 0 Å². The number of aromatic nitrogens is 1. The van der Waals surface area contributed by atoms with E-state index in [0.29, 0.717) is 23.1 Å². The van der Waals surface area contributed by atoms with Gasteiger partial charge in [0.05, 0.1) is 29.8 Å². The number of hydrogen-bond acceptors (Lipinski definition) is 5. The monoisotopic (exact) mass is 400 g/mol. The molecule has 3 rings (SSSR count). The molecule has 0 aliphatic carbocycles. The van der Waals surface area contributed by atoms with Crippen LogP contribution in [0.5, 0.6) is 5.75 Å². The van der Waals surface area contributed by atoms with E-state index >= 15 is 0 Å². The van der Waals surface area contributed by atoms with E-state index in [4.69, 9.17) is 9.15 Å². The molecule has 1 heterocycles. The maximum absolute atomic E-state index is 12.9. The van der Waals surface area contributed by atoms with Crippen molar-refractivity contribution in [2.45, 2.75) is 32.2 Å². The number of ether oxygens (including phenoxy) is 1. The molecule has 0 saturated heterocycles. The minimum atomic E-state index is -3.63. The zero-order chi connectivity index (χ0) is 20.5. The van der Waals surface area contributed by atoms with Crippen molar-refractivity contribution in [2.24, 2.45) is 0 Å². The van der Waals surface area contributed by atoms with E-state index in [2.05, 4.69) is 4.98 Å². The lowest BCUT2D eigenvalue weighted by molar-refractivity contribution is 0.414. The number of nitrogens with zero attached hydrogens (tertiary/aromatic N) is 2. The van der Waals surface area contributed by atoms with Crippen molar-refractivity contribution in [3.8, 4) is 17.2 Å². The van der Waals surface area contributed by atoms with Crippen molar-refractivity contribution >= 4 is 10.0 Å². The van der Waals surface area contributed by atoms with Gasteiger partial charge in [0, 0.05) is 7.05 Å². The summed E-state index contributed by atoms with van der Waals surface area (Å²) in [5.41, 5.74) is 3.27. The van der Waals surface area contributed by atoms with Gasteiger partial charge >= 0.3 is 0 Å². The van der Waals surface area contributed by atoms with Crippen LogP contribution in [0.15, 0.2) is 51.8 Å². The van der Waals surface area contributed by atoms with E-state index in [0.717, 1.165) is 16.7 Å². The maximum atomic E-state index is 12.9. The molecule has 0 radical (unpaired) electrons. The van der Waals surface area contributed by atoms with Gasteiger partial charge in [-0.1, -0.05) is 18.2 Å². The van der Waals surface area contributed by atoms with Gasteiger partial charge in [-0.3, -0.25) is 0 Å². The van der Waals surface area contributed by atoms with Crippen LogP contribution >= 0.6 is 0 Å². The van der Waals surface area contributed by atoms with Crippen molar-refractivity contribution in [3.05, 3.63) is 65.0 Å². The van der Waals surface area contributed by atoms with E-state index < -0.39 is 10.0 Å². The van der Waals surface area contributed by atoms with Crippen LogP contribution in [0.25, 0.3) is 11.5 Å². The third kappa shape index (κ3) is 3.81. The predicted molar refractivity (Wildman–Crippen MR) is 108 cm³/mol. The fraction of sp³-hybridized carbons (Fsp3) is 0.286. The second-order valence-corrected chi connectivity index (χ2v) is 8.77. The summed E-state index contributed by atoms with van der Waals surface area (Å²) in [6.07, 6.45) is 0. The molecule has 0 atom stereocenters. The van der Waals surface area contributed by atoms with Crippen LogP contribution in [0.4, 0.5) is 0 Å². The van der Waals surface area contributed by atoms with Gasteiger partial charge in [-0.05, 0) is 56.2 Å². The highest BCUT2D eigenvalue weighted by molar-refractivity contribution is 7.89. The summed E-state index contributed by atoms with van der Waals surface area (Å²) in [6, 6.07) is 12.5. The summed E-state index contributed by atoms with van der Waals surface area (Å²) in [5, 5.41) is 0. The number of para-hydroxylation sites is 1. The SMILES string of the molecule is COc1ccccc1-c1nc(CN(C)S(=O)(=O)c2ccc(C)c(C)c2)c(C)o1. The van der Waals surface area contributed by atoms with Gasteiger partial charge in [-0.25, -0.2) is 13.4 Å². The molecule has 0 bridgehead atoms. The Morgan fingerprint density at radius 3 is 2.46 bits per heavy atom. The van der Waals surface area contributed by atoms with Crippen molar-refractivity contribution in [1.82, 2.24) is 9.29 Å². The first kappa shape index (κ1) is 20.1. The topological polar surface area (TPSA) is 72.6 Å². The van der Waals surface area contributed by atoms with Gasteiger partial charge in [0.25, 0.3) is 0 Å². The second-order valence-electron chi connectivity index (χ2n) is 6.73. The number of methoxy groups -OCH3 is 1. The molecule has 0 aliphatic rings. The van der Waals surface area contributed by atoms with Crippen molar-refractivity contribution in [2.75, 3.05) is 14.2 Å². The molecule has 0 fully saturated rings. The van der Waals surface area contributed by atoms with Crippen LogP contribution in [0.3, 0.4) is 0 Å². The number of sulfonamides is 1. The summed E-state index contributed by atoms with van der Waals surface area (Å²) in [7, 11) is -0.509. The summed E-state index contributed by atoms with van der Waals surface area (Å²) < 4.78 is 38.3. The first-order valence-corrected chi connectivity index (χ1v) is 10.3. The number of oxazole rings is 1. The average Bonchev–Trinajstić information content (AvgIpc) is 3.04. The lowest BCUT2D eigenvalue weighted by atomic mass is 10.1. The van der Waals surface area contributed by atoms with Crippen LogP contribution in [0.2, 0.25) is 0 Å². The Balaban J connectivity index is 1.89. The smallest absolute Gasteiger partial charge is 0.243 e. The molecule has 0 amide bonds. The molecular weight excluding hydrogens is 376 g/mol. The molecule has 0 aliphatic heterocycles. The molecule has 6 nitrogen and oxygen atoms in total. The Kier molecular flexibility index (Phi) is 5.58. The molecule has 1 aromatic heterocycles.